The van der Waals surface area contributed by atoms with E-state index >= 15 is 0 Å². The standard InChI is InChI=1S/C21H20FN3O3/c22-16-6-3-15(4-7-16)5-12-20(26)24-17-8-10-18(11-9-17)25-21(27)23-14-19-2-1-13-28-19/h1-4,6-11,13H,5,12,14H2,(H,24,26)(H2,23,25,27). The van der Waals surface area contributed by atoms with Crippen LogP contribution in [0.4, 0.5) is 20.6 Å². The third kappa shape index (κ3) is 5.98. The Morgan fingerprint density at radius 1 is 0.893 bits per heavy atom. The number of carbonyl (C=O) groups excluding carboxylic acids is 2. The van der Waals surface area contributed by atoms with E-state index in [0.29, 0.717) is 36.5 Å². The van der Waals surface area contributed by atoms with Crippen molar-refractivity contribution in [2.24, 2.45) is 0 Å². The SMILES string of the molecule is O=C(CCc1ccc(F)cc1)Nc1ccc(NC(=O)NCc2ccco2)cc1. The zero-order valence-corrected chi connectivity index (χ0v) is 15.1. The van der Waals surface area contributed by atoms with Crippen molar-refractivity contribution in [1.29, 1.82) is 0 Å². The number of anilines is 2. The van der Waals surface area contributed by atoms with Gasteiger partial charge in [-0.25, -0.2) is 9.18 Å². The van der Waals surface area contributed by atoms with Gasteiger partial charge in [0.25, 0.3) is 0 Å². The molecule has 0 aliphatic heterocycles. The number of carbonyl (C=O) groups is 2. The highest BCUT2D eigenvalue weighted by molar-refractivity contribution is 5.92. The highest BCUT2D eigenvalue weighted by atomic mass is 19.1. The fourth-order valence-electron chi connectivity index (χ4n) is 2.53. The van der Waals surface area contributed by atoms with Crippen LogP contribution in [0.15, 0.2) is 71.3 Å². The van der Waals surface area contributed by atoms with E-state index in [2.05, 4.69) is 16.0 Å². The molecule has 1 aromatic heterocycles. The van der Waals surface area contributed by atoms with Gasteiger partial charge >= 0.3 is 6.03 Å². The Hall–Kier alpha value is -3.61. The Bertz CT molecular complexity index is 907. The van der Waals surface area contributed by atoms with Gasteiger partial charge in [-0.15, -0.1) is 0 Å². The van der Waals surface area contributed by atoms with E-state index in [9.17, 15) is 14.0 Å². The minimum Gasteiger partial charge on any atom is -0.467 e. The molecule has 0 fully saturated rings. The first-order valence-electron chi connectivity index (χ1n) is 8.80. The van der Waals surface area contributed by atoms with Crippen LogP contribution in [0.25, 0.3) is 0 Å². The number of hydrogen-bond donors (Lipinski definition) is 3. The van der Waals surface area contributed by atoms with Gasteiger partial charge in [-0.2, -0.15) is 0 Å². The Morgan fingerprint density at radius 2 is 1.57 bits per heavy atom. The summed E-state index contributed by atoms with van der Waals surface area (Å²) in [5.74, 6) is 0.228. The highest BCUT2D eigenvalue weighted by Gasteiger charge is 2.06. The number of amides is 3. The lowest BCUT2D eigenvalue weighted by atomic mass is 10.1. The van der Waals surface area contributed by atoms with Gasteiger partial charge in [-0.3, -0.25) is 4.79 Å². The minimum absolute atomic E-state index is 0.138. The summed E-state index contributed by atoms with van der Waals surface area (Å²) in [5, 5.41) is 8.17. The fraction of sp³-hybridized carbons (Fsp3) is 0.143. The molecule has 0 saturated carbocycles. The lowest BCUT2D eigenvalue weighted by molar-refractivity contribution is -0.116. The predicted molar refractivity (Wildman–Crippen MR) is 104 cm³/mol. The second kappa shape index (κ2) is 9.36. The molecule has 6 nitrogen and oxygen atoms in total. The molecule has 1 heterocycles. The van der Waals surface area contributed by atoms with Gasteiger partial charge in [0.05, 0.1) is 12.8 Å². The zero-order valence-electron chi connectivity index (χ0n) is 15.1. The largest absolute Gasteiger partial charge is 0.467 e. The van der Waals surface area contributed by atoms with Crippen LogP contribution in [0, 0.1) is 5.82 Å². The van der Waals surface area contributed by atoms with E-state index in [1.54, 1.807) is 54.8 Å². The number of halogens is 1. The molecule has 0 spiro atoms. The second-order valence-electron chi connectivity index (χ2n) is 6.14. The predicted octanol–water partition coefficient (Wildman–Crippen LogP) is 4.31. The molecule has 0 atom stereocenters. The number of nitrogens with one attached hydrogen (secondary N) is 3. The molecule has 0 saturated heterocycles. The van der Waals surface area contributed by atoms with Crippen molar-refractivity contribution in [1.82, 2.24) is 5.32 Å². The third-order valence-electron chi connectivity index (χ3n) is 3.98. The first-order valence-corrected chi connectivity index (χ1v) is 8.80. The van der Waals surface area contributed by atoms with Crippen LogP contribution >= 0.6 is 0 Å². The highest BCUT2D eigenvalue weighted by Crippen LogP contribution is 2.14. The van der Waals surface area contributed by atoms with Crippen molar-refractivity contribution >= 4 is 23.3 Å². The summed E-state index contributed by atoms with van der Waals surface area (Å²) in [6, 6.07) is 16.1. The molecule has 0 radical (unpaired) electrons. The maximum Gasteiger partial charge on any atom is 0.319 e. The van der Waals surface area contributed by atoms with Gasteiger partial charge in [-0.05, 0) is 60.5 Å². The van der Waals surface area contributed by atoms with Crippen LogP contribution in [0.5, 0.6) is 0 Å². The molecule has 0 bridgehead atoms. The number of aryl methyl sites for hydroxylation is 1. The van der Waals surface area contributed by atoms with Gasteiger partial charge in [0, 0.05) is 17.8 Å². The third-order valence-corrected chi connectivity index (χ3v) is 3.98. The summed E-state index contributed by atoms with van der Waals surface area (Å²) in [4.78, 5) is 23.9. The van der Waals surface area contributed by atoms with Crippen molar-refractivity contribution in [2.75, 3.05) is 10.6 Å². The van der Waals surface area contributed by atoms with Crippen molar-refractivity contribution in [3.63, 3.8) is 0 Å². The maximum atomic E-state index is 12.9. The van der Waals surface area contributed by atoms with Gasteiger partial charge in [0.1, 0.15) is 11.6 Å². The zero-order chi connectivity index (χ0) is 19.8. The van der Waals surface area contributed by atoms with Crippen LogP contribution in [-0.2, 0) is 17.8 Å². The van der Waals surface area contributed by atoms with Crippen LogP contribution < -0.4 is 16.0 Å². The molecule has 3 N–H and O–H groups in total. The smallest absolute Gasteiger partial charge is 0.319 e. The Kier molecular flexibility index (Phi) is 6.41. The molecule has 3 amide bonds. The van der Waals surface area contributed by atoms with E-state index in [-0.39, 0.29) is 17.8 Å². The molecule has 0 unspecified atom stereocenters. The van der Waals surface area contributed by atoms with Gasteiger partial charge in [0.2, 0.25) is 5.91 Å². The molecule has 3 rings (SSSR count). The van der Waals surface area contributed by atoms with E-state index < -0.39 is 0 Å². The Balaban J connectivity index is 1.42. The topological polar surface area (TPSA) is 83.4 Å². The summed E-state index contributed by atoms with van der Waals surface area (Å²) in [7, 11) is 0. The summed E-state index contributed by atoms with van der Waals surface area (Å²) >= 11 is 0. The first-order chi connectivity index (χ1) is 13.6. The number of benzene rings is 2. The first kappa shape index (κ1) is 19.2. The van der Waals surface area contributed by atoms with E-state index in [0.717, 1.165) is 5.56 Å². The molecule has 144 valence electrons. The molecule has 3 aromatic rings. The van der Waals surface area contributed by atoms with Gasteiger partial charge in [-0.1, -0.05) is 12.1 Å². The lowest BCUT2D eigenvalue weighted by Crippen LogP contribution is -2.27. The summed E-state index contributed by atoms with van der Waals surface area (Å²) in [6.45, 7) is 0.293. The van der Waals surface area contributed by atoms with Crippen molar-refractivity contribution < 1.29 is 18.4 Å². The lowest BCUT2D eigenvalue weighted by Gasteiger charge is -2.09. The number of urea groups is 1. The summed E-state index contributed by atoms with van der Waals surface area (Å²) in [5.41, 5.74) is 2.13. The van der Waals surface area contributed by atoms with Crippen LogP contribution in [0.2, 0.25) is 0 Å². The maximum absolute atomic E-state index is 12.9. The minimum atomic E-state index is -0.354. The quantitative estimate of drug-likeness (QED) is 0.570. The average Bonchev–Trinajstić information content (AvgIpc) is 3.21. The van der Waals surface area contributed by atoms with Crippen molar-refractivity contribution in [3.8, 4) is 0 Å². The van der Waals surface area contributed by atoms with Crippen LogP contribution in [0.1, 0.15) is 17.7 Å². The number of rotatable bonds is 7. The number of hydrogen-bond acceptors (Lipinski definition) is 3. The second-order valence-corrected chi connectivity index (χ2v) is 6.14. The molecule has 0 aliphatic rings. The average molecular weight is 381 g/mol. The summed E-state index contributed by atoms with van der Waals surface area (Å²) in [6.07, 6.45) is 2.37. The van der Waals surface area contributed by atoms with Gasteiger partial charge < -0.3 is 20.4 Å². The molecular formula is C21H20FN3O3. The normalized spacial score (nSPS) is 10.3. The van der Waals surface area contributed by atoms with E-state index in [1.807, 2.05) is 0 Å². The molecule has 28 heavy (non-hydrogen) atoms. The van der Waals surface area contributed by atoms with Crippen molar-refractivity contribution in [2.45, 2.75) is 19.4 Å². The molecule has 0 aliphatic carbocycles. The Labute approximate surface area is 161 Å². The van der Waals surface area contributed by atoms with Crippen LogP contribution in [0.3, 0.4) is 0 Å². The molecule has 2 aromatic carbocycles. The van der Waals surface area contributed by atoms with Crippen molar-refractivity contribution in [3.05, 3.63) is 84.1 Å². The van der Waals surface area contributed by atoms with Crippen LogP contribution in [-0.4, -0.2) is 11.9 Å². The fourth-order valence-corrected chi connectivity index (χ4v) is 2.53. The number of furan rings is 1. The molecular weight excluding hydrogens is 361 g/mol. The molecule has 7 heteroatoms. The monoisotopic (exact) mass is 381 g/mol. The van der Waals surface area contributed by atoms with E-state index in [4.69, 9.17) is 4.42 Å². The Morgan fingerprint density at radius 3 is 2.21 bits per heavy atom. The summed E-state index contributed by atoms with van der Waals surface area (Å²) < 4.78 is 18.0. The van der Waals surface area contributed by atoms with E-state index in [1.165, 1.54) is 12.1 Å². The van der Waals surface area contributed by atoms with Gasteiger partial charge in [0.15, 0.2) is 0 Å².